The van der Waals surface area contributed by atoms with Crippen LogP contribution in [0.4, 0.5) is 0 Å². The number of carbonyl (C=O) groups excluding carboxylic acids is 1. The number of nitrogens with zero attached hydrogens (tertiary/aromatic N) is 1. The first-order valence-corrected chi connectivity index (χ1v) is 7.68. The Labute approximate surface area is 127 Å². The first-order chi connectivity index (χ1) is 10.1. The van der Waals surface area contributed by atoms with E-state index in [1.807, 2.05) is 29.2 Å². The Kier molecular flexibility index (Phi) is 5.62. The molecule has 1 aromatic rings. The number of methoxy groups -OCH3 is 1. The van der Waals surface area contributed by atoms with Gasteiger partial charge in [-0.3, -0.25) is 4.79 Å². The van der Waals surface area contributed by atoms with Crippen molar-refractivity contribution in [3.63, 3.8) is 0 Å². The van der Waals surface area contributed by atoms with Gasteiger partial charge in [0, 0.05) is 24.8 Å². The highest BCUT2D eigenvalue weighted by Crippen LogP contribution is 2.25. The number of piperidine rings is 1. The Bertz CT molecular complexity index is 465. The summed E-state index contributed by atoms with van der Waals surface area (Å²) in [4.78, 5) is 14.8. The van der Waals surface area contributed by atoms with E-state index in [-0.39, 0.29) is 5.91 Å². The van der Waals surface area contributed by atoms with Gasteiger partial charge in [-0.05, 0) is 51.3 Å². The van der Waals surface area contributed by atoms with Crippen LogP contribution in [0.3, 0.4) is 0 Å². The zero-order valence-electron chi connectivity index (χ0n) is 13.2. The summed E-state index contributed by atoms with van der Waals surface area (Å²) in [6.45, 7) is 5.29. The van der Waals surface area contributed by atoms with E-state index in [2.05, 4.69) is 13.8 Å². The third-order valence-corrected chi connectivity index (χ3v) is 4.07. The molecule has 1 saturated heterocycles. The van der Waals surface area contributed by atoms with Crippen LogP contribution >= 0.6 is 0 Å². The molecule has 0 N–H and O–H groups in total. The van der Waals surface area contributed by atoms with Crippen molar-refractivity contribution in [2.45, 2.75) is 45.2 Å². The SMILES string of the molecule is COCCOc1cccc(C(=O)N2[C@@H](C)CCC[C@@H]2C)c1. The van der Waals surface area contributed by atoms with Gasteiger partial charge in [-0.25, -0.2) is 0 Å². The number of rotatable bonds is 5. The van der Waals surface area contributed by atoms with Crippen LogP contribution in [0, 0.1) is 0 Å². The maximum atomic E-state index is 12.7. The van der Waals surface area contributed by atoms with Gasteiger partial charge in [0.1, 0.15) is 12.4 Å². The summed E-state index contributed by atoms with van der Waals surface area (Å²) >= 11 is 0. The molecule has 4 heteroatoms. The molecular weight excluding hydrogens is 266 g/mol. The van der Waals surface area contributed by atoms with Gasteiger partial charge in [0.15, 0.2) is 0 Å². The number of carbonyl (C=O) groups is 1. The van der Waals surface area contributed by atoms with E-state index in [0.29, 0.717) is 30.9 Å². The third kappa shape index (κ3) is 3.97. The third-order valence-electron chi connectivity index (χ3n) is 4.07. The molecule has 1 aromatic carbocycles. The Morgan fingerprint density at radius 3 is 2.62 bits per heavy atom. The summed E-state index contributed by atoms with van der Waals surface area (Å²) in [7, 11) is 1.64. The van der Waals surface area contributed by atoms with E-state index in [4.69, 9.17) is 9.47 Å². The van der Waals surface area contributed by atoms with Crippen LogP contribution in [0.5, 0.6) is 5.75 Å². The molecular formula is C17H25NO3. The molecule has 21 heavy (non-hydrogen) atoms. The molecule has 0 aromatic heterocycles. The lowest BCUT2D eigenvalue weighted by atomic mass is 9.96. The minimum absolute atomic E-state index is 0.104. The lowest BCUT2D eigenvalue weighted by Gasteiger charge is -2.39. The molecule has 0 unspecified atom stereocenters. The Hall–Kier alpha value is -1.55. The molecule has 0 spiro atoms. The second kappa shape index (κ2) is 7.46. The second-order valence-electron chi connectivity index (χ2n) is 5.71. The van der Waals surface area contributed by atoms with Gasteiger partial charge in [0.05, 0.1) is 6.61 Å². The summed E-state index contributed by atoms with van der Waals surface area (Å²) in [6.07, 6.45) is 3.37. The lowest BCUT2D eigenvalue weighted by molar-refractivity contribution is 0.0510. The highest BCUT2D eigenvalue weighted by Gasteiger charge is 2.29. The van der Waals surface area contributed by atoms with E-state index in [0.717, 1.165) is 18.6 Å². The second-order valence-corrected chi connectivity index (χ2v) is 5.71. The molecule has 0 aliphatic carbocycles. The largest absolute Gasteiger partial charge is 0.491 e. The zero-order chi connectivity index (χ0) is 15.2. The molecule has 0 radical (unpaired) electrons. The summed E-state index contributed by atoms with van der Waals surface area (Å²) < 4.78 is 10.5. The lowest BCUT2D eigenvalue weighted by Crippen LogP contribution is -2.47. The van der Waals surface area contributed by atoms with E-state index < -0.39 is 0 Å². The van der Waals surface area contributed by atoms with Crippen LogP contribution in [0.25, 0.3) is 0 Å². The predicted molar refractivity (Wildman–Crippen MR) is 82.8 cm³/mol. The van der Waals surface area contributed by atoms with Crippen molar-refractivity contribution in [1.82, 2.24) is 4.90 Å². The average molecular weight is 291 g/mol. The molecule has 1 aliphatic heterocycles. The number of ether oxygens (including phenoxy) is 2. The zero-order valence-corrected chi connectivity index (χ0v) is 13.2. The van der Waals surface area contributed by atoms with Crippen LogP contribution in [-0.2, 0) is 4.74 Å². The van der Waals surface area contributed by atoms with Gasteiger partial charge >= 0.3 is 0 Å². The van der Waals surface area contributed by atoms with Crippen molar-refractivity contribution < 1.29 is 14.3 Å². The maximum absolute atomic E-state index is 12.7. The molecule has 2 atom stereocenters. The summed E-state index contributed by atoms with van der Waals surface area (Å²) in [5.74, 6) is 0.821. The number of benzene rings is 1. The quantitative estimate of drug-likeness (QED) is 0.782. The Morgan fingerprint density at radius 1 is 1.24 bits per heavy atom. The highest BCUT2D eigenvalue weighted by molar-refractivity contribution is 5.95. The summed E-state index contributed by atoms with van der Waals surface area (Å²) in [5.41, 5.74) is 0.700. The molecule has 4 nitrogen and oxygen atoms in total. The Balaban J connectivity index is 2.09. The van der Waals surface area contributed by atoms with Crippen molar-refractivity contribution in [3.05, 3.63) is 29.8 Å². The van der Waals surface area contributed by atoms with Crippen molar-refractivity contribution in [3.8, 4) is 5.75 Å². The van der Waals surface area contributed by atoms with Crippen molar-refractivity contribution in [1.29, 1.82) is 0 Å². The fourth-order valence-corrected chi connectivity index (χ4v) is 2.93. The molecule has 1 heterocycles. The maximum Gasteiger partial charge on any atom is 0.254 e. The van der Waals surface area contributed by atoms with Crippen LogP contribution in [-0.4, -0.2) is 43.2 Å². The predicted octanol–water partition coefficient (Wildman–Crippen LogP) is 3.11. The van der Waals surface area contributed by atoms with E-state index in [1.165, 1.54) is 6.42 Å². The molecule has 0 bridgehead atoms. The minimum Gasteiger partial charge on any atom is -0.491 e. The standard InChI is InChI=1S/C17H25NO3/c1-13-6-4-7-14(2)18(13)17(19)15-8-5-9-16(12-15)21-11-10-20-3/h5,8-9,12-14H,4,6-7,10-11H2,1-3H3/t13-,14-/m0/s1. The normalized spacial score (nSPS) is 22.1. The highest BCUT2D eigenvalue weighted by atomic mass is 16.5. The average Bonchev–Trinajstić information content (AvgIpc) is 2.47. The van der Waals surface area contributed by atoms with E-state index in [1.54, 1.807) is 7.11 Å². The van der Waals surface area contributed by atoms with Crippen molar-refractivity contribution >= 4 is 5.91 Å². The van der Waals surface area contributed by atoms with Gasteiger partial charge in [0.2, 0.25) is 0 Å². The first kappa shape index (κ1) is 15.8. The number of likely N-dealkylation sites (tertiary alicyclic amines) is 1. The first-order valence-electron chi connectivity index (χ1n) is 7.68. The van der Waals surface area contributed by atoms with Gasteiger partial charge in [-0.2, -0.15) is 0 Å². The molecule has 1 amide bonds. The van der Waals surface area contributed by atoms with E-state index >= 15 is 0 Å². The number of amides is 1. The fraction of sp³-hybridized carbons (Fsp3) is 0.588. The van der Waals surface area contributed by atoms with Crippen LogP contribution in [0.2, 0.25) is 0 Å². The van der Waals surface area contributed by atoms with Crippen LogP contribution < -0.4 is 4.74 Å². The number of hydrogen-bond donors (Lipinski definition) is 0. The van der Waals surface area contributed by atoms with Gasteiger partial charge in [0.25, 0.3) is 5.91 Å². The Morgan fingerprint density at radius 2 is 1.95 bits per heavy atom. The minimum atomic E-state index is 0.104. The van der Waals surface area contributed by atoms with Gasteiger partial charge < -0.3 is 14.4 Å². The summed E-state index contributed by atoms with van der Waals surface area (Å²) in [6, 6.07) is 8.04. The van der Waals surface area contributed by atoms with Gasteiger partial charge in [-0.15, -0.1) is 0 Å². The van der Waals surface area contributed by atoms with Crippen LogP contribution in [0.15, 0.2) is 24.3 Å². The number of hydrogen-bond acceptors (Lipinski definition) is 3. The molecule has 1 aliphatic rings. The van der Waals surface area contributed by atoms with Crippen LogP contribution in [0.1, 0.15) is 43.5 Å². The molecule has 1 fully saturated rings. The summed E-state index contributed by atoms with van der Waals surface area (Å²) in [5, 5.41) is 0. The molecule has 116 valence electrons. The van der Waals surface area contributed by atoms with Crippen molar-refractivity contribution in [2.75, 3.05) is 20.3 Å². The molecule has 2 rings (SSSR count). The fourth-order valence-electron chi connectivity index (χ4n) is 2.93. The van der Waals surface area contributed by atoms with Gasteiger partial charge in [-0.1, -0.05) is 6.07 Å². The molecule has 0 saturated carbocycles. The smallest absolute Gasteiger partial charge is 0.254 e. The van der Waals surface area contributed by atoms with Crippen molar-refractivity contribution in [2.24, 2.45) is 0 Å². The monoisotopic (exact) mass is 291 g/mol. The topological polar surface area (TPSA) is 38.8 Å². The van der Waals surface area contributed by atoms with E-state index in [9.17, 15) is 4.79 Å².